The van der Waals surface area contributed by atoms with Gasteiger partial charge in [-0.05, 0) is 38.7 Å². The van der Waals surface area contributed by atoms with Crippen LogP contribution < -0.4 is 11.2 Å². The van der Waals surface area contributed by atoms with Crippen LogP contribution in [0, 0.1) is 0 Å². The molecule has 1 aliphatic heterocycles. The van der Waals surface area contributed by atoms with E-state index in [4.69, 9.17) is 17.3 Å². The topological polar surface area (TPSA) is 109 Å². The van der Waals surface area contributed by atoms with Crippen molar-refractivity contribution in [2.24, 2.45) is 5.73 Å². The third-order valence-electron chi connectivity index (χ3n) is 5.99. The Kier molecular flexibility index (Phi) is 4.85. The molecule has 1 aromatic heterocycles. The van der Waals surface area contributed by atoms with Gasteiger partial charge in [-0.3, -0.25) is 9.69 Å². The fourth-order valence-electron chi connectivity index (χ4n) is 4.46. The lowest BCUT2D eigenvalue weighted by atomic mass is 9.99. The quantitative estimate of drug-likeness (QED) is 0.705. The van der Waals surface area contributed by atoms with E-state index >= 15 is 0 Å². The lowest BCUT2D eigenvalue weighted by Crippen LogP contribution is -2.34. The highest BCUT2D eigenvalue weighted by Crippen LogP contribution is 2.47. The number of benzene rings is 1. The summed E-state index contributed by atoms with van der Waals surface area (Å²) >= 11 is 6.80. The van der Waals surface area contributed by atoms with E-state index in [1.807, 2.05) is 0 Å². The van der Waals surface area contributed by atoms with E-state index in [9.17, 15) is 19.8 Å². The highest BCUT2D eigenvalue weighted by molar-refractivity contribution is 6.36. The molecule has 0 bridgehead atoms. The molecular weight excluding hydrogens is 382 g/mol. The molecule has 4 rings (SSSR count). The summed E-state index contributed by atoms with van der Waals surface area (Å²) in [6, 6.07) is 1.74. The van der Waals surface area contributed by atoms with Crippen molar-refractivity contribution in [3.05, 3.63) is 38.6 Å². The van der Waals surface area contributed by atoms with Crippen LogP contribution in [0.15, 0.2) is 17.1 Å². The normalized spacial score (nSPS) is 22.8. The predicted molar refractivity (Wildman–Crippen MR) is 107 cm³/mol. The first-order valence-corrected chi connectivity index (χ1v) is 10.0. The van der Waals surface area contributed by atoms with E-state index in [2.05, 4.69) is 11.8 Å². The molecule has 0 amide bonds. The highest BCUT2D eigenvalue weighted by Gasteiger charge is 2.36. The molecule has 2 unspecified atom stereocenters. The van der Waals surface area contributed by atoms with Crippen molar-refractivity contribution >= 4 is 28.5 Å². The third kappa shape index (κ3) is 2.98. The minimum absolute atomic E-state index is 0.0689. The number of nitrogens with zero attached hydrogens (tertiary/aromatic N) is 2. The van der Waals surface area contributed by atoms with Crippen LogP contribution in [0.3, 0.4) is 0 Å². The first-order chi connectivity index (χ1) is 13.3. The van der Waals surface area contributed by atoms with Gasteiger partial charge in [-0.1, -0.05) is 11.6 Å². The van der Waals surface area contributed by atoms with Crippen LogP contribution in [0.2, 0.25) is 5.02 Å². The molecule has 2 aliphatic rings. The largest absolute Gasteiger partial charge is 0.508 e. The molecule has 1 aromatic carbocycles. The number of carboxylic acid groups (broad SMARTS) is 1. The van der Waals surface area contributed by atoms with Crippen LogP contribution in [-0.2, 0) is 0 Å². The fraction of sp³-hybridized carbons (Fsp3) is 0.500. The van der Waals surface area contributed by atoms with E-state index in [1.54, 1.807) is 4.57 Å². The molecule has 1 aliphatic carbocycles. The minimum Gasteiger partial charge on any atom is -0.508 e. The zero-order valence-electron chi connectivity index (χ0n) is 15.7. The zero-order chi connectivity index (χ0) is 20.2. The van der Waals surface area contributed by atoms with E-state index in [0.717, 1.165) is 25.7 Å². The van der Waals surface area contributed by atoms with Gasteiger partial charge in [-0.2, -0.15) is 0 Å². The SMILES string of the molecule is CC1CCC(c2c(O)cc3c(=O)c(C(=O)O)cn(C4CC4)c3c2Cl)N1CCN. The molecule has 2 fully saturated rings. The van der Waals surface area contributed by atoms with Crippen molar-refractivity contribution in [1.82, 2.24) is 9.47 Å². The van der Waals surface area contributed by atoms with Crippen LogP contribution in [0.4, 0.5) is 0 Å². The van der Waals surface area contributed by atoms with Crippen molar-refractivity contribution < 1.29 is 15.0 Å². The van der Waals surface area contributed by atoms with Crippen LogP contribution in [0.1, 0.15) is 60.6 Å². The maximum absolute atomic E-state index is 12.7. The summed E-state index contributed by atoms with van der Waals surface area (Å²) in [6.45, 7) is 3.31. The average molecular weight is 406 g/mol. The summed E-state index contributed by atoms with van der Waals surface area (Å²) < 4.78 is 1.80. The Hall–Kier alpha value is -2.09. The number of nitrogens with two attached hydrogens (primary N) is 1. The Morgan fingerprint density at radius 1 is 1.32 bits per heavy atom. The lowest BCUT2D eigenvalue weighted by molar-refractivity contribution is 0.0695. The number of halogens is 1. The van der Waals surface area contributed by atoms with Gasteiger partial charge in [0.1, 0.15) is 11.3 Å². The van der Waals surface area contributed by atoms with Gasteiger partial charge in [0.2, 0.25) is 5.43 Å². The van der Waals surface area contributed by atoms with E-state index in [0.29, 0.717) is 35.2 Å². The van der Waals surface area contributed by atoms with E-state index in [1.165, 1.54) is 12.3 Å². The summed E-state index contributed by atoms with van der Waals surface area (Å²) in [7, 11) is 0. The van der Waals surface area contributed by atoms with Crippen molar-refractivity contribution in [2.45, 2.75) is 50.7 Å². The summed E-state index contributed by atoms with van der Waals surface area (Å²) in [6.07, 6.45) is 5.01. The Morgan fingerprint density at radius 3 is 2.64 bits per heavy atom. The summed E-state index contributed by atoms with van der Waals surface area (Å²) in [5, 5.41) is 20.7. The molecule has 8 heteroatoms. The minimum atomic E-state index is -1.28. The summed E-state index contributed by atoms with van der Waals surface area (Å²) in [5.41, 5.74) is 5.96. The fourth-order valence-corrected chi connectivity index (χ4v) is 4.88. The second-order valence-electron chi connectivity index (χ2n) is 7.80. The molecule has 150 valence electrons. The number of carbonyl (C=O) groups is 1. The van der Waals surface area contributed by atoms with Gasteiger partial charge < -0.3 is 20.5 Å². The van der Waals surface area contributed by atoms with Gasteiger partial charge in [0, 0.05) is 43.0 Å². The number of likely N-dealkylation sites (tertiary alicyclic amines) is 1. The number of rotatable bonds is 5. The number of carboxylic acids is 1. The van der Waals surface area contributed by atoms with Crippen molar-refractivity contribution in [2.75, 3.05) is 13.1 Å². The second kappa shape index (κ2) is 7.06. The summed E-state index contributed by atoms with van der Waals surface area (Å²) in [5.74, 6) is -1.35. The zero-order valence-corrected chi connectivity index (χ0v) is 16.4. The van der Waals surface area contributed by atoms with Gasteiger partial charge in [0.25, 0.3) is 0 Å². The maximum Gasteiger partial charge on any atom is 0.341 e. The van der Waals surface area contributed by atoms with Crippen molar-refractivity contribution in [3.8, 4) is 5.75 Å². The third-order valence-corrected chi connectivity index (χ3v) is 6.37. The molecule has 2 heterocycles. The van der Waals surface area contributed by atoms with E-state index < -0.39 is 11.4 Å². The molecule has 0 radical (unpaired) electrons. The van der Waals surface area contributed by atoms with Crippen molar-refractivity contribution in [3.63, 3.8) is 0 Å². The van der Waals surface area contributed by atoms with Gasteiger partial charge in [-0.15, -0.1) is 0 Å². The lowest BCUT2D eigenvalue weighted by Gasteiger charge is -2.29. The molecule has 4 N–H and O–H groups in total. The molecule has 1 saturated carbocycles. The highest BCUT2D eigenvalue weighted by atomic mass is 35.5. The molecule has 2 aromatic rings. The van der Waals surface area contributed by atoms with Crippen LogP contribution in [0.5, 0.6) is 5.75 Å². The molecular formula is C20H24ClN3O4. The smallest absolute Gasteiger partial charge is 0.341 e. The Labute approximate surface area is 167 Å². The average Bonchev–Trinajstić information content (AvgIpc) is 3.42. The van der Waals surface area contributed by atoms with Gasteiger partial charge in [0.15, 0.2) is 0 Å². The number of aromatic carboxylic acids is 1. The first-order valence-electron chi connectivity index (χ1n) is 9.64. The number of aromatic nitrogens is 1. The Balaban J connectivity index is 1.98. The van der Waals surface area contributed by atoms with Gasteiger partial charge in [0.05, 0.1) is 15.9 Å². The maximum atomic E-state index is 12.7. The van der Waals surface area contributed by atoms with Crippen LogP contribution >= 0.6 is 11.6 Å². The van der Waals surface area contributed by atoms with Crippen LogP contribution in [0.25, 0.3) is 10.9 Å². The van der Waals surface area contributed by atoms with Gasteiger partial charge in [-0.25, -0.2) is 4.79 Å². The molecule has 28 heavy (non-hydrogen) atoms. The van der Waals surface area contributed by atoms with Crippen LogP contribution in [-0.4, -0.2) is 44.8 Å². The van der Waals surface area contributed by atoms with Crippen molar-refractivity contribution in [1.29, 1.82) is 0 Å². The number of pyridine rings is 1. The second-order valence-corrected chi connectivity index (χ2v) is 8.18. The van der Waals surface area contributed by atoms with Gasteiger partial charge >= 0.3 is 5.97 Å². The molecule has 2 atom stereocenters. The number of hydrogen-bond donors (Lipinski definition) is 3. The molecule has 7 nitrogen and oxygen atoms in total. The number of aromatic hydroxyl groups is 1. The molecule has 1 saturated heterocycles. The standard InChI is InChI=1S/C20H24ClN3O4/c1-10-2-5-14(23(10)7-6-22)16-15(25)8-12-18(17(16)21)24(11-3-4-11)9-13(19(12)26)20(27)28/h8-11,14,25H,2-7,22H2,1H3,(H,27,28). The number of hydrogen-bond acceptors (Lipinski definition) is 5. The Bertz CT molecular complexity index is 1010. The number of fused-ring (bicyclic) bond motifs is 1. The number of phenols is 1. The predicted octanol–water partition coefficient (Wildman–Crippen LogP) is 2.88. The Morgan fingerprint density at radius 2 is 2.04 bits per heavy atom. The first kappa shape index (κ1) is 19.2. The molecule has 0 spiro atoms. The summed E-state index contributed by atoms with van der Waals surface area (Å²) in [4.78, 5) is 26.5. The monoisotopic (exact) mass is 405 g/mol. The number of phenolic OH excluding ortho intramolecular Hbond substituents is 1. The van der Waals surface area contributed by atoms with E-state index in [-0.39, 0.29) is 28.8 Å².